The zero-order chi connectivity index (χ0) is 24.9. The van der Waals surface area contributed by atoms with E-state index in [0.717, 1.165) is 5.01 Å². The van der Waals surface area contributed by atoms with E-state index in [1.165, 1.54) is 25.0 Å². The normalized spacial score (nSPS) is 14.2. The Balaban J connectivity index is 1.85. The molecule has 0 atom stereocenters. The molecule has 10 nitrogen and oxygen atoms in total. The Morgan fingerprint density at radius 1 is 0.886 bits per heavy atom. The number of nitrogens with one attached hydrogen (secondary N) is 1. The minimum atomic E-state index is -0.595. The van der Waals surface area contributed by atoms with Gasteiger partial charge in [0.25, 0.3) is 11.5 Å². The molecule has 178 valence electrons. The van der Waals surface area contributed by atoms with E-state index in [2.05, 4.69) is 10.2 Å². The lowest BCUT2D eigenvalue weighted by Crippen LogP contribution is -2.22. The number of aromatic nitrogens is 2. The lowest BCUT2D eigenvalue weighted by molar-refractivity contribution is -0.140. The van der Waals surface area contributed by atoms with E-state index < -0.39 is 23.4 Å². The Hall–Kier alpha value is -4.73. The third-order valence-electron chi connectivity index (χ3n) is 5.35. The van der Waals surface area contributed by atoms with Crippen molar-refractivity contribution in [1.29, 1.82) is 0 Å². The number of hydrogen-bond donors (Lipinski definition) is 1. The molecule has 1 aliphatic heterocycles. The van der Waals surface area contributed by atoms with Gasteiger partial charge in [-0.05, 0) is 30.3 Å². The smallest absolute Gasteiger partial charge is 0.311 e. The van der Waals surface area contributed by atoms with Crippen LogP contribution in [0.2, 0.25) is 0 Å². The van der Waals surface area contributed by atoms with Crippen molar-refractivity contribution in [3.8, 4) is 5.69 Å². The molecule has 0 bridgehead atoms. The van der Waals surface area contributed by atoms with Gasteiger partial charge in [0.2, 0.25) is 0 Å². The molecule has 0 radical (unpaired) electrons. The van der Waals surface area contributed by atoms with Crippen LogP contribution in [0.25, 0.3) is 11.8 Å². The van der Waals surface area contributed by atoms with Crippen molar-refractivity contribution in [2.24, 2.45) is 5.10 Å². The number of benzene rings is 2. The molecule has 0 saturated carbocycles. The molecule has 1 aromatic heterocycles. The van der Waals surface area contributed by atoms with E-state index in [4.69, 9.17) is 9.47 Å². The number of esters is 2. The predicted molar refractivity (Wildman–Crippen MR) is 128 cm³/mol. The summed E-state index contributed by atoms with van der Waals surface area (Å²) in [5, 5.41) is 8.42. The topological polar surface area (TPSA) is 123 Å². The summed E-state index contributed by atoms with van der Waals surface area (Å²) in [5.41, 5.74) is 1.07. The van der Waals surface area contributed by atoms with Crippen LogP contribution in [-0.4, -0.2) is 47.6 Å². The van der Waals surface area contributed by atoms with Crippen molar-refractivity contribution in [2.45, 2.75) is 12.8 Å². The van der Waals surface area contributed by atoms with Gasteiger partial charge in [-0.1, -0.05) is 36.4 Å². The maximum atomic E-state index is 13.4. The van der Waals surface area contributed by atoms with Crippen molar-refractivity contribution in [1.82, 2.24) is 9.78 Å². The van der Waals surface area contributed by atoms with E-state index >= 15 is 0 Å². The summed E-state index contributed by atoms with van der Waals surface area (Å²) in [5.74, 6) is -1.69. The first kappa shape index (κ1) is 23.4. The molecule has 35 heavy (non-hydrogen) atoms. The number of amides is 1. The summed E-state index contributed by atoms with van der Waals surface area (Å²) in [6, 6.07) is 17.5. The fourth-order valence-electron chi connectivity index (χ4n) is 3.59. The SMILES string of the molecule is COC(=O)CC1=NN(c2ccccc2)C(=O)C1=Cc1c(CC(=O)OC)[nH]n(-c2ccccc2)c1=O. The number of hydrogen-bond acceptors (Lipinski definition) is 7. The number of rotatable bonds is 7. The Morgan fingerprint density at radius 3 is 2.06 bits per heavy atom. The number of hydrazone groups is 1. The molecule has 0 fully saturated rings. The van der Waals surface area contributed by atoms with Crippen LogP contribution in [0.5, 0.6) is 0 Å². The molecule has 1 aliphatic rings. The first-order valence-corrected chi connectivity index (χ1v) is 10.6. The largest absolute Gasteiger partial charge is 0.469 e. The molecule has 1 amide bonds. The number of nitrogens with zero attached hydrogens (tertiary/aromatic N) is 3. The number of methoxy groups -OCH3 is 2. The molecular weight excluding hydrogens is 452 g/mol. The number of H-pyrrole nitrogens is 1. The summed E-state index contributed by atoms with van der Waals surface area (Å²) in [4.78, 5) is 50.8. The first-order chi connectivity index (χ1) is 16.9. The molecule has 3 aromatic rings. The van der Waals surface area contributed by atoms with Gasteiger partial charge in [-0.25, -0.2) is 4.68 Å². The van der Waals surface area contributed by atoms with Crippen LogP contribution in [0, 0.1) is 0 Å². The van der Waals surface area contributed by atoms with E-state index in [0.29, 0.717) is 11.4 Å². The van der Waals surface area contributed by atoms with Gasteiger partial charge in [-0.2, -0.15) is 10.1 Å². The number of aromatic amines is 1. The van der Waals surface area contributed by atoms with Gasteiger partial charge in [-0.15, -0.1) is 0 Å². The van der Waals surface area contributed by atoms with Gasteiger partial charge in [0.1, 0.15) is 0 Å². The average molecular weight is 474 g/mol. The van der Waals surface area contributed by atoms with Gasteiger partial charge in [0.05, 0.1) is 61.0 Å². The lowest BCUT2D eigenvalue weighted by atomic mass is 10.0. The number of ether oxygens (including phenoxy) is 2. The number of para-hydroxylation sites is 2. The van der Waals surface area contributed by atoms with Crippen LogP contribution in [0.4, 0.5) is 5.69 Å². The zero-order valence-corrected chi connectivity index (χ0v) is 19.1. The highest BCUT2D eigenvalue weighted by Gasteiger charge is 2.33. The number of anilines is 1. The van der Waals surface area contributed by atoms with Crippen molar-refractivity contribution in [3.05, 3.63) is 87.8 Å². The van der Waals surface area contributed by atoms with E-state index in [1.807, 2.05) is 0 Å². The predicted octanol–water partition coefficient (Wildman–Crippen LogP) is 2.23. The second-order valence-electron chi connectivity index (χ2n) is 7.54. The maximum absolute atomic E-state index is 13.4. The highest BCUT2D eigenvalue weighted by atomic mass is 16.5. The highest BCUT2D eigenvalue weighted by molar-refractivity contribution is 6.34. The van der Waals surface area contributed by atoms with E-state index in [1.54, 1.807) is 60.7 Å². The van der Waals surface area contributed by atoms with Gasteiger partial charge < -0.3 is 9.47 Å². The van der Waals surface area contributed by atoms with Gasteiger partial charge >= 0.3 is 11.9 Å². The zero-order valence-electron chi connectivity index (χ0n) is 19.1. The van der Waals surface area contributed by atoms with Crippen LogP contribution in [-0.2, 0) is 30.3 Å². The molecule has 2 aromatic carbocycles. The van der Waals surface area contributed by atoms with E-state index in [-0.39, 0.29) is 35.4 Å². The third-order valence-corrected chi connectivity index (χ3v) is 5.35. The van der Waals surface area contributed by atoms with Crippen LogP contribution in [0.1, 0.15) is 17.7 Å². The molecule has 0 saturated heterocycles. The number of carbonyl (C=O) groups is 3. The van der Waals surface area contributed by atoms with Gasteiger partial charge in [0.15, 0.2) is 0 Å². The second-order valence-corrected chi connectivity index (χ2v) is 7.54. The Labute approximate surface area is 200 Å². The van der Waals surface area contributed by atoms with Crippen molar-refractivity contribution in [3.63, 3.8) is 0 Å². The van der Waals surface area contributed by atoms with Gasteiger partial charge in [0, 0.05) is 0 Å². The molecule has 10 heteroatoms. The molecule has 2 heterocycles. The molecule has 0 aliphatic carbocycles. The molecule has 4 rings (SSSR count). The molecule has 1 N–H and O–H groups in total. The molecular formula is C25H22N4O6. The van der Waals surface area contributed by atoms with Crippen molar-refractivity contribution in [2.75, 3.05) is 19.2 Å². The fourth-order valence-corrected chi connectivity index (χ4v) is 3.59. The minimum Gasteiger partial charge on any atom is -0.469 e. The lowest BCUT2D eigenvalue weighted by Gasteiger charge is -2.10. The summed E-state index contributed by atoms with van der Waals surface area (Å²) in [6.45, 7) is 0. The Bertz CT molecular complexity index is 1390. The van der Waals surface area contributed by atoms with Gasteiger partial charge in [-0.3, -0.25) is 24.3 Å². The average Bonchev–Trinajstić information content (AvgIpc) is 3.36. The van der Waals surface area contributed by atoms with Crippen molar-refractivity contribution >= 4 is 35.3 Å². The highest BCUT2D eigenvalue weighted by Crippen LogP contribution is 2.26. The monoisotopic (exact) mass is 474 g/mol. The van der Waals surface area contributed by atoms with Crippen LogP contribution in [0.3, 0.4) is 0 Å². The van der Waals surface area contributed by atoms with E-state index in [9.17, 15) is 19.2 Å². The fraction of sp³-hybridized carbons (Fsp3) is 0.160. The maximum Gasteiger partial charge on any atom is 0.311 e. The van der Waals surface area contributed by atoms with Crippen molar-refractivity contribution < 1.29 is 23.9 Å². The van der Waals surface area contributed by atoms with Crippen LogP contribution >= 0.6 is 0 Å². The molecule has 0 spiro atoms. The molecule has 0 unspecified atom stereocenters. The Morgan fingerprint density at radius 2 is 1.46 bits per heavy atom. The standard InChI is InChI=1S/C25H22N4O6/c1-34-22(30)14-20-18(24(32)28(26-20)16-9-5-3-6-10-16)13-19-21(15-23(31)35-2)27-29(25(19)33)17-11-7-4-8-12-17/h3-13,26H,14-15H2,1-2H3. The minimum absolute atomic E-state index is 0.0432. The van der Waals surface area contributed by atoms with Crippen LogP contribution < -0.4 is 10.6 Å². The van der Waals surface area contributed by atoms with Crippen LogP contribution in [0.15, 0.2) is 76.1 Å². The summed E-state index contributed by atoms with van der Waals surface area (Å²) in [7, 11) is 2.48. The second kappa shape index (κ2) is 10.0. The summed E-state index contributed by atoms with van der Waals surface area (Å²) in [6.07, 6.45) is 0.843. The summed E-state index contributed by atoms with van der Waals surface area (Å²) >= 11 is 0. The third kappa shape index (κ3) is 4.81. The first-order valence-electron chi connectivity index (χ1n) is 10.6. The summed E-state index contributed by atoms with van der Waals surface area (Å²) < 4.78 is 10.8. The Kier molecular flexibility index (Phi) is 6.72. The quantitative estimate of drug-likeness (QED) is 0.414. The number of carbonyl (C=O) groups excluding carboxylic acids is 3.